The van der Waals surface area contributed by atoms with Crippen LogP contribution in [0.1, 0.15) is 18.1 Å². The van der Waals surface area contributed by atoms with E-state index < -0.39 is 6.10 Å². The molecule has 4 heteroatoms. The van der Waals surface area contributed by atoms with Gasteiger partial charge >= 0.3 is 0 Å². The van der Waals surface area contributed by atoms with Crippen molar-refractivity contribution in [1.29, 1.82) is 0 Å². The predicted octanol–water partition coefficient (Wildman–Crippen LogP) is 2.48. The van der Waals surface area contributed by atoms with Crippen molar-refractivity contribution >= 4 is 27.5 Å². The number of halogens is 2. The summed E-state index contributed by atoms with van der Waals surface area (Å²) in [6, 6.07) is 5.39. The molecule has 72 valence electrons. The predicted molar refractivity (Wildman–Crippen MR) is 57.8 cm³/mol. The summed E-state index contributed by atoms with van der Waals surface area (Å²) < 4.78 is 0.831. The smallest absolute Gasteiger partial charge is 0.0802 e. The van der Waals surface area contributed by atoms with E-state index in [-0.39, 0.29) is 0 Å². The maximum atomic E-state index is 9.58. The molecule has 0 fully saturated rings. The summed E-state index contributed by atoms with van der Waals surface area (Å²) in [6.45, 7) is 0.467. The van der Waals surface area contributed by atoms with Gasteiger partial charge in [-0.15, -0.1) is 0 Å². The van der Waals surface area contributed by atoms with E-state index in [1.54, 1.807) is 6.07 Å². The lowest BCUT2D eigenvalue weighted by Gasteiger charge is -2.09. The van der Waals surface area contributed by atoms with Crippen LogP contribution < -0.4 is 5.73 Å². The number of hydrogen-bond acceptors (Lipinski definition) is 2. The number of benzene rings is 1. The minimum absolute atomic E-state index is 0.467. The third-order valence-electron chi connectivity index (χ3n) is 1.77. The van der Waals surface area contributed by atoms with Crippen molar-refractivity contribution in [1.82, 2.24) is 0 Å². The molecule has 1 rings (SSSR count). The molecule has 0 aliphatic heterocycles. The minimum atomic E-state index is -0.518. The second-order valence-electron chi connectivity index (χ2n) is 2.77. The van der Waals surface area contributed by atoms with Gasteiger partial charge in [0.2, 0.25) is 0 Å². The van der Waals surface area contributed by atoms with Crippen molar-refractivity contribution in [3.8, 4) is 0 Å². The molecular formula is C9H11BrClNO. The number of hydrogen-bond donors (Lipinski definition) is 2. The summed E-state index contributed by atoms with van der Waals surface area (Å²) in [6.07, 6.45) is 0.0356. The lowest BCUT2D eigenvalue weighted by Crippen LogP contribution is -2.06. The van der Waals surface area contributed by atoms with Gasteiger partial charge in [0.15, 0.2) is 0 Å². The summed E-state index contributed by atoms with van der Waals surface area (Å²) in [5.74, 6) is 0. The Morgan fingerprint density at radius 3 is 2.77 bits per heavy atom. The first-order valence-electron chi connectivity index (χ1n) is 3.98. The van der Waals surface area contributed by atoms with E-state index in [4.69, 9.17) is 17.3 Å². The summed E-state index contributed by atoms with van der Waals surface area (Å²) in [7, 11) is 0. The van der Waals surface area contributed by atoms with Crippen molar-refractivity contribution in [3.63, 3.8) is 0 Å². The highest BCUT2D eigenvalue weighted by molar-refractivity contribution is 9.10. The zero-order valence-electron chi connectivity index (χ0n) is 7.00. The second-order valence-corrected chi connectivity index (χ2v) is 4.03. The van der Waals surface area contributed by atoms with E-state index in [2.05, 4.69) is 15.9 Å². The highest BCUT2D eigenvalue weighted by atomic mass is 79.9. The summed E-state index contributed by atoms with van der Waals surface area (Å²) in [5, 5.41) is 10.2. The number of rotatable bonds is 3. The normalized spacial score (nSPS) is 12.9. The third-order valence-corrected chi connectivity index (χ3v) is 3.00. The van der Waals surface area contributed by atoms with Gasteiger partial charge in [0, 0.05) is 4.47 Å². The maximum absolute atomic E-state index is 9.58. The zero-order chi connectivity index (χ0) is 9.84. The quantitative estimate of drug-likeness (QED) is 0.881. The number of aliphatic hydroxyl groups is 1. The number of nitrogens with two attached hydrogens (primary N) is 1. The Hall–Kier alpha value is -0.0900. The molecule has 0 spiro atoms. The van der Waals surface area contributed by atoms with Gasteiger partial charge in [0.1, 0.15) is 0 Å². The van der Waals surface area contributed by atoms with Crippen molar-refractivity contribution in [2.24, 2.45) is 5.73 Å². The maximum Gasteiger partial charge on any atom is 0.0802 e. The van der Waals surface area contributed by atoms with Crippen LogP contribution in [-0.4, -0.2) is 11.7 Å². The van der Waals surface area contributed by atoms with Crippen LogP contribution in [0.2, 0.25) is 5.02 Å². The fourth-order valence-electron chi connectivity index (χ4n) is 1.04. The van der Waals surface area contributed by atoms with Gasteiger partial charge in [0.25, 0.3) is 0 Å². The van der Waals surface area contributed by atoms with E-state index in [1.807, 2.05) is 12.1 Å². The SMILES string of the molecule is NCCC(O)c1ccc(Br)c(Cl)c1. The Balaban J connectivity index is 2.84. The molecule has 13 heavy (non-hydrogen) atoms. The molecule has 0 aromatic heterocycles. The fraction of sp³-hybridized carbons (Fsp3) is 0.333. The molecule has 2 nitrogen and oxygen atoms in total. The first kappa shape index (κ1) is 11.0. The second kappa shape index (κ2) is 4.96. The molecule has 1 aromatic carbocycles. The topological polar surface area (TPSA) is 46.2 Å². The first-order chi connectivity index (χ1) is 6.15. The zero-order valence-corrected chi connectivity index (χ0v) is 9.35. The Kier molecular flexibility index (Phi) is 4.19. The van der Waals surface area contributed by atoms with Crippen LogP contribution in [0.25, 0.3) is 0 Å². The molecule has 0 radical (unpaired) electrons. The Morgan fingerprint density at radius 2 is 2.23 bits per heavy atom. The fourth-order valence-corrected chi connectivity index (χ4v) is 1.48. The lowest BCUT2D eigenvalue weighted by atomic mass is 10.1. The molecule has 1 atom stereocenters. The first-order valence-corrected chi connectivity index (χ1v) is 5.15. The average molecular weight is 265 g/mol. The molecule has 0 aliphatic rings. The number of aliphatic hydroxyl groups excluding tert-OH is 1. The van der Waals surface area contributed by atoms with Crippen molar-refractivity contribution in [2.45, 2.75) is 12.5 Å². The Labute approximate surface area is 90.8 Å². The molecule has 0 heterocycles. The van der Waals surface area contributed by atoms with Crippen LogP contribution in [0.5, 0.6) is 0 Å². The molecule has 0 bridgehead atoms. The van der Waals surface area contributed by atoms with Crippen LogP contribution >= 0.6 is 27.5 Å². The van der Waals surface area contributed by atoms with Crippen LogP contribution in [0.3, 0.4) is 0 Å². The largest absolute Gasteiger partial charge is 0.388 e. The third kappa shape index (κ3) is 2.95. The van der Waals surface area contributed by atoms with Gasteiger partial charge in [-0.25, -0.2) is 0 Å². The molecule has 0 saturated carbocycles. The summed E-state index contributed by atoms with van der Waals surface area (Å²) in [4.78, 5) is 0. The van der Waals surface area contributed by atoms with Crippen LogP contribution in [0.15, 0.2) is 22.7 Å². The van der Waals surface area contributed by atoms with Crippen molar-refractivity contribution < 1.29 is 5.11 Å². The standard InChI is InChI=1S/C9H11BrClNO/c10-7-2-1-6(5-8(7)11)9(13)3-4-12/h1-2,5,9,13H,3-4,12H2. The van der Waals surface area contributed by atoms with E-state index in [1.165, 1.54) is 0 Å². The molecule has 0 amide bonds. The molecule has 0 aliphatic carbocycles. The van der Waals surface area contributed by atoms with Gasteiger partial charge in [-0.05, 0) is 46.6 Å². The van der Waals surface area contributed by atoms with Crippen LogP contribution in [0.4, 0.5) is 0 Å². The van der Waals surface area contributed by atoms with Crippen LogP contribution in [0, 0.1) is 0 Å². The average Bonchev–Trinajstić information content (AvgIpc) is 2.10. The highest BCUT2D eigenvalue weighted by Gasteiger charge is 2.07. The van der Waals surface area contributed by atoms with Crippen molar-refractivity contribution in [3.05, 3.63) is 33.3 Å². The monoisotopic (exact) mass is 263 g/mol. The van der Waals surface area contributed by atoms with Gasteiger partial charge in [0.05, 0.1) is 11.1 Å². The Morgan fingerprint density at radius 1 is 1.54 bits per heavy atom. The van der Waals surface area contributed by atoms with Crippen molar-refractivity contribution in [2.75, 3.05) is 6.54 Å². The van der Waals surface area contributed by atoms with Gasteiger partial charge in [-0.1, -0.05) is 17.7 Å². The van der Waals surface area contributed by atoms with Gasteiger partial charge in [-0.2, -0.15) is 0 Å². The van der Waals surface area contributed by atoms with E-state index in [0.29, 0.717) is 18.0 Å². The minimum Gasteiger partial charge on any atom is -0.388 e. The van der Waals surface area contributed by atoms with Crippen LogP contribution in [-0.2, 0) is 0 Å². The highest BCUT2D eigenvalue weighted by Crippen LogP contribution is 2.26. The lowest BCUT2D eigenvalue weighted by molar-refractivity contribution is 0.170. The summed E-state index contributed by atoms with van der Waals surface area (Å²) in [5.41, 5.74) is 6.14. The van der Waals surface area contributed by atoms with Gasteiger partial charge in [-0.3, -0.25) is 0 Å². The molecule has 1 aromatic rings. The van der Waals surface area contributed by atoms with E-state index >= 15 is 0 Å². The Bertz CT molecular complexity index is 293. The molecule has 1 unspecified atom stereocenters. The molecule has 3 N–H and O–H groups in total. The van der Waals surface area contributed by atoms with Gasteiger partial charge < -0.3 is 10.8 Å². The summed E-state index contributed by atoms with van der Waals surface area (Å²) >= 11 is 9.15. The molecular weight excluding hydrogens is 253 g/mol. The van der Waals surface area contributed by atoms with E-state index in [9.17, 15) is 5.11 Å². The molecule has 0 saturated heterocycles. The van der Waals surface area contributed by atoms with E-state index in [0.717, 1.165) is 10.0 Å².